The number of anilines is 1. The quantitative estimate of drug-likeness (QED) is 0.618. The molecule has 8 nitrogen and oxygen atoms in total. The van der Waals surface area contributed by atoms with Gasteiger partial charge < -0.3 is 10.1 Å². The second-order valence-electron chi connectivity index (χ2n) is 6.13. The van der Waals surface area contributed by atoms with Crippen LogP contribution in [0.3, 0.4) is 0 Å². The topological polar surface area (TPSA) is 102 Å². The number of nitrogens with one attached hydrogen (secondary N) is 1. The highest BCUT2D eigenvalue weighted by molar-refractivity contribution is 7.89. The lowest BCUT2D eigenvalue weighted by molar-refractivity contribution is -0.385. The van der Waals surface area contributed by atoms with Crippen LogP contribution in [0.5, 0.6) is 0 Å². The van der Waals surface area contributed by atoms with Crippen LogP contribution in [0.15, 0.2) is 23.1 Å². The van der Waals surface area contributed by atoms with Crippen molar-refractivity contribution in [3.8, 4) is 0 Å². The van der Waals surface area contributed by atoms with E-state index in [0.717, 1.165) is 6.07 Å². The molecular formula is C15H23N3O5S. The summed E-state index contributed by atoms with van der Waals surface area (Å²) in [4.78, 5) is 10.4. The molecule has 0 radical (unpaired) electrons. The van der Waals surface area contributed by atoms with Gasteiger partial charge in [-0.3, -0.25) is 10.1 Å². The molecule has 9 heteroatoms. The summed E-state index contributed by atoms with van der Waals surface area (Å²) < 4.78 is 32.4. The van der Waals surface area contributed by atoms with Gasteiger partial charge in [-0.1, -0.05) is 13.8 Å². The first kappa shape index (κ1) is 18.6. The summed E-state index contributed by atoms with van der Waals surface area (Å²) in [6.45, 7) is 7.09. The Morgan fingerprint density at radius 1 is 1.25 bits per heavy atom. The number of benzene rings is 1. The maximum absolute atomic E-state index is 12.9. The minimum atomic E-state index is -3.83. The van der Waals surface area contributed by atoms with Crippen molar-refractivity contribution in [2.45, 2.75) is 31.7 Å². The number of morpholine rings is 1. The van der Waals surface area contributed by atoms with E-state index in [9.17, 15) is 18.5 Å². The van der Waals surface area contributed by atoms with E-state index in [2.05, 4.69) is 5.32 Å². The summed E-state index contributed by atoms with van der Waals surface area (Å²) in [5.41, 5.74) is 0.137. The number of hydrogen-bond acceptors (Lipinski definition) is 6. The van der Waals surface area contributed by atoms with E-state index in [1.807, 2.05) is 20.8 Å². The van der Waals surface area contributed by atoms with Crippen molar-refractivity contribution >= 4 is 21.4 Å². The number of nitrogens with zero attached hydrogens (tertiary/aromatic N) is 2. The predicted octanol–water partition coefficient (Wildman–Crippen LogP) is 2.07. The lowest BCUT2D eigenvalue weighted by atomic mass is 10.1. The van der Waals surface area contributed by atoms with Gasteiger partial charge >= 0.3 is 0 Å². The molecule has 0 amide bonds. The van der Waals surface area contributed by atoms with Gasteiger partial charge in [0.15, 0.2) is 0 Å². The third-order valence-electron chi connectivity index (χ3n) is 4.15. The number of nitro benzene ring substituents is 1. The minimum absolute atomic E-state index is 0.0186. The van der Waals surface area contributed by atoms with Crippen LogP contribution in [-0.4, -0.2) is 50.0 Å². The van der Waals surface area contributed by atoms with Gasteiger partial charge in [-0.2, -0.15) is 4.31 Å². The van der Waals surface area contributed by atoms with Crippen LogP contribution in [0.2, 0.25) is 0 Å². The average Bonchev–Trinajstić information content (AvgIpc) is 2.55. The average molecular weight is 357 g/mol. The summed E-state index contributed by atoms with van der Waals surface area (Å²) in [7, 11) is -3.83. The van der Waals surface area contributed by atoms with Gasteiger partial charge in [-0.15, -0.1) is 0 Å². The molecule has 1 unspecified atom stereocenters. The Morgan fingerprint density at radius 3 is 2.42 bits per heavy atom. The zero-order valence-corrected chi connectivity index (χ0v) is 14.9. The van der Waals surface area contributed by atoms with Crippen LogP contribution >= 0.6 is 0 Å². The summed E-state index contributed by atoms with van der Waals surface area (Å²) >= 11 is 0. The van der Waals surface area contributed by atoms with Crippen LogP contribution in [0.1, 0.15) is 20.8 Å². The van der Waals surface area contributed by atoms with Crippen LogP contribution in [-0.2, 0) is 14.8 Å². The van der Waals surface area contributed by atoms with Crippen molar-refractivity contribution in [2.24, 2.45) is 5.92 Å². The largest absolute Gasteiger partial charge is 0.381 e. The Morgan fingerprint density at radius 2 is 1.88 bits per heavy atom. The highest BCUT2D eigenvalue weighted by atomic mass is 32.2. The molecule has 1 N–H and O–H groups in total. The normalized spacial score (nSPS) is 17.7. The molecule has 1 aliphatic rings. The van der Waals surface area contributed by atoms with Crippen LogP contribution < -0.4 is 5.32 Å². The molecule has 1 fully saturated rings. The first-order chi connectivity index (χ1) is 11.2. The molecular weight excluding hydrogens is 334 g/mol. The smallest absolute Gasteiger partial charge is 0.270 e. The number of nitro groups is 1. The van der Waals surface area contributed by atoms with Crippen molar-refractivity contribution in [2.75, 3.05) is 31.6 Å². The zero-order valence-electron chi connectivity index (χ0n) is 14.1. The second kappa shape index (κ2) is 7.45. The third-order valence-corrected chi connectivity index (χ3v) is 6.09. The van der Waals surface area contributed by atoms with Gasteiger partial charge in [0.1, 0.15) is 4.90 Å². The molecule has 1 aromatic carbocycles. The number of hydrogen-bond donors (Lipinski definition) is 1. The first-order valence-electron chi connectivity index (χ1n) is 7.86. The van der Waals surface area contributed by atoms with Gasteiger partial charge in [0.05, 0.1) is 23.8 Å². The zero-order chi connectivity index (χ0) is 17.9. The van der Waals surface area contributed by atoms with Crippen molar-refractivity contribution in [3.63, 3.8) is 0 Å². The molecule has 1 aliphatic heterocycles. The maximum Gasteiger partial charge on any atom is 0.270 e. The van der Waals surface area contributed by atoms with Crippen molar-refractivity contribution < 1.29 is 18.1 Å². The van der Waals surface area contributed by atoms with Crippen molar-refractivity contribution in [3.05, 3.63) is 28.3 Å². The summed E-state index contributed by atoms with van der Waals surface area (Å²) in [6.07, 6.45) is 0. The van der Waals surface area contributed by atoms with E-state index >= 15 is 0 Å². The van der Waals surface area contributed by atoms with E-state index in [1.54, 1.807) is 0 Å². The van der Waals surface area contributed by atoms with Gasteiger partial charge in [0.25, 0.3) is 5.69 Å². The van der Waals surface area contributed by atoms with Crippen molar-refractivity contribution in [1.82, 2.24) is 4.31 Å². The fourth-order valence-corrected chi connectivity index (χ4v) is 3.88. The van der Waals surface area contributed by atoms with Crippen LogP contribution in [0, 0.1) is 16.0 Å². The van der Waals surface area contributed by atoms with Gasteiger partial charge in [-0.05, 0) is 18.9 Å². The molecule has 1 atom stereocenters. The SMILES string of the molecule is CC(C)C(C)Nc1ccc([N+](=O)[O-])cc1S(=O)(=O)N1CCOCC1. The molecule has 0 aromatic heterocycles. The minimum Gasteiger partial charge on any atom is -0.381 e. The lowest BCUT2D eigenvalue weighted by Crippen LogP contribution is -2.41. The Hall–Kier alpha value is -1.71. The van der Waals surface area contributed by atoms with E-state index in [1.165, 1.54) is 16.4 Å². The third kappa shape index (κ3) is 4.03. The Bertz CT molecular complexity index is 699. The van der Waals surface area contributed by atoms with Crippen molar-refractivity contribution in [1.29, 1.82) is 0 Å². The highest BCUT2D eigenvalue weighted by Gasteiger charge is 2.30. The van der Waals surface area contributed by atoms with Gasteiger partial charge in [0, 0.05) is 31.3 Å². The molecule has 0 saturated carbocycles. The van der Waals surface area contributed by atoms with E-state index in [0.29, 0.717) is 18.9 Å². The Kier molecular flexibility index (Phi) is 5.79. The fraction of sp³-hybridized carbons (Fsp3) is 0.600. The van der Waals surface area contributed by atoms with Crippen LogP contribution in [0.4, 0.5) is 11.4 Å². The maximum atomic E-state index is 12.9. The molecule has 0 spiro atoms. The number of sulfonamides is 1. The Balaban J connectivity index is 2.47. The van der Waals surface area contributed by atoms with E-state index < -0.39 is 14.9 Å². The number of ether oxygens (including phenoxy) is 1. The lowest BCUT2D eigenvalue weighted by Gasteiger charge is -2.28. The molecule has 0 bridgehead atoms. The second-order valence-corrected chi connectivity index (χ2v) is 8.04. The fourth-order valence-electron chi connectivity index (χ4n) is 2.30. The molecule has 1 heterocycles. The first-order valence-corrected chi connectivity index (χ1v) is 9.30. The predicted molar refractivity (Wildman–Crippen MR) is 90.6 cm³/mol. The summed E-state index contributed by atoms with van der Waals surface area (Å²) in [5, 5.41) is 14.2. The number of rotatable bonds is 6. The van der Waals surface area contributed by atoms with Crippen LogP contribution in [0.25, 0.3) is 0 Å². The molecule has 134 valence electrons. The molecule has 0 aliphatic carbocycles. The molecule has 2 rings (SSSR count). The molecule has 1 aromatic rings. The number of non-ortho nitro benzene ring substituents is 1. The van der Waals surface area contributed by atoms with Gasteiger partial charge in [0.2, 0.25) is 10.0 Å². The van der Waals surface area contributed by atoms with E-state index in [-0.39, 0.29) is 35.6 Å². The Labute approximate surface area is 142 Å². The summed E-state index contributed by atoms with van der Waals surface area (Å²) in [6, 6.07) is 3.92. The molecule has 1 saturated heterocycles. The standard InChI is InChI=1S/C15H23N3O5S/c1-11(2)12(3)16-14-5-4-13(18(19)20)10-15(14)24(21,22)17-6-8-23-9-7-17/h4-5,10-12,16H,6-9H2,1-3H3. The summed E-state index contributed by atoms with van der Waals surface area (Å²) in [5.74, 6) is 0.277. The van der Waals surface area contributed by atoms with E-state index in [4.69, 9.17) is 4.74 Å². The highest BCUT2D eigenvalue weighted by Crippen LogP contribution is 2.30. The monoisotopic (exact) mass is 357 g/mol. The van der Waals surface area contributed by atoms with Gasteiger partial charge in [-0.25, -0.2) is 8.42 Å². The molecule has 24 heavy (non-hydrogen) atoms.